The zero-order valence-corrected chi connectivity index (χ0v) is 4.46. The van der Waals surface area contributed by atoms with E-state index in [2.05, 4.69) is 4.94 Å². The van der Waals surface area contributed by atoms with Gasteiger partial charge in [0.25, 0.3) is 5.92 Å². The molecule has 8 heavy (non-hydrogen) atoms. The summed E-state index contributed by atoms with van der Waals surface area (Å²) in [5.41, 5.74) is 0. The normalized spacial score (nSPS) is 12.0. The third kappa shape index (κ3) is 2.85. The second-order valence-electron chi connectivity index (χ2n) is 1.46. The monoisotopic (exact) mass is 128 g/mol. The van der Waals surface area contributed by atoms with E-state index in [0.29, 0.717) is 0 Å². The highest BCUT2D eigenvalue weighted by molar-refractivity contribution is 4.59. The van der Waals surface area contributed by atoms with E-state index in [1.807, 2.05) is 0 Å². The quantitative estimate of drug-likeness (QED) is 0.564. The molecule has 0 N–H and O–H groups in total. The van der Waals surface area contributed by atoms with Crippen molar-refractivity contribution in [2.24, 2.45) is 0 Å². The largest absolute Gasteiger partial charge is 0.274 e. The number of hydrogen-bond donors (Lipinski definition) is 0. The molecule has 0 aliphatic heterocycles. The molecule has 50 valence electrons. The highest BCUT2D eigenvalue weighted by Crippen LogP contribution is 2.17. The summed E-state index contributed by atoms with van der Waals surface area (Å²) in [6.07, 6.45) is -0.392. The molecule has 0 saturated heterocycles. The fourth-order valence-corrected chi connectivity index (χ4v) is 0.182. The van der Waals surface area contributed by atoms with Crippen LogP contribution < -0.4 is 0 Å². The van der Waals surface area contributed by atoms with Gasteiger partial charge in [-0.2, -0.15) is 4.94 Å². The van der Waals surface area contributed by atoms with Crippen molar-refractivity contribution in [1.82, 2.24) is 0 Å². The number of hydrogen-bond acceptors (Lipinski definition) is 1. The SMILES string of the molecule is CCC(F)(F)COF. The maximum absolute atomic E-state index is 11.8. The van der Waals surface area contributed by atoms with Crippen molar-refractivity contribution >= 4 is 0 Å². The first-order valence-corrected chi connectivity index (χ1v) is 2.24. The molecule has 0 aliphatic rings. The first-order valence-electron chi connectivity index (χ1n) is 2.24. The van der Waals surface area contributed by atoms with Gasteiger partial charge in [-0.15, -0.1) is 0 Å². The van der Waals surface area contributed by atoms with Crippen LogP contribution in [0.4, 0.5) is 13.3 Å². The zero-order valence-electron chi connectivity index (χ0n) is 4.46. The van der Waals surface area contributed by atoms with E-state index >= 15 is 0 Å². The van der Waals surface area contributed by atoms with Crippen molar-refractivity contribution in [2.75, 3.05) is 6.61 Å². The van der Waals surface area contributed by atoms with Gasteiger partial charge in [0.05, 0.1) is 0 Å². The molecule has 0 spiro atoms. The van der Waals surface area contributed by atoms with Crippen LogP contribution in [0.3, 0.4) is 0 Å². The van der Waals surface area contributed by atoms with Crippen LogP contribution in [0.15, 0.2) is 0 Å². The second-order valence-corrected chi connectivity index (χ2v) is 1.46. The van der Waals surface area contributed by atoms with E-state index in [1.165, 1.54) is 6.92 Å². The Bertz CT molecular complexity index is 64.3. The van der Waals surface area contributed by atoms with Crippen LogP contribution in [0.25, 0.3) is 0 Å². The molecule has 0 fully saturated rings. The highest BCUT2D eigenvalue weighted by atomic mass is 19.3. The number of halogens is 3. The van der Waals surface area contributed by atoms with Crippen molar-refractivity contribution in [3.8, 4) is 0 Å². The molecule has 0 aromatic rings. The Balaban J connectivity index is 3.37. The predicted octanol–water partition coefficient (Wildman–Crippen LogP) is 1.93. The standard InChI is InChI=1S/C4H7F3O/c1-2-4(5,6)3-8-7/h2-3H2,1H3. The topological polar surface area (TPSA) is 9.23 Å². The first kappa shape index (κ1) is 7.75. The lowest BCUT2D eigenvalue weighted by molar-refractivity contribution is -0.199. The van der Waals surface area contributed by atoms with Gasteiger partial charge in [0.1, 0.15) is 0 Å². The molecular formula is C4H7F3O. The summed E-state index contributed by atoms with van der Waals surface area (Å²) in [6, 6.07) is 0. The van der Waals surface area contributed by atoms with Crippen LogP contribution in [0.5, 0.6) is 0 Å². The van der Waals surface area contributed by atoms with Crippen molar-refractivity contribution in [3.63, 3.8) is 0 Å². The molecule has 0 aliphatic carbocycles. The van der Waals surface area contributed by atoms with E-state index in [0.717, 1.165) is 0 Å². The van der Waals surface area contributed by atoms with Gasteiger partial charge in [0.15, 0.2) is 6.61 Å². The average molecular weight is 128 g/mol. The van der Waals surface area contributed by atoms with E-state index < -0.39 is 19.0 Å². The lowest BCUT2D eigenvalue weighted by Gasteiger charge is -2.08. The minimum atomic E-state index is -3.01. The summed E-state index contributed by atoms with van der Waals surface area (Å²) in [7, 11) is 0. The molecule has 4 heteroatoms. The Morgan fingerprint density at radius 1 is 1.50 bits per heavy atom. The van der Waals surface area contributed by atoms with Crippen molar-refractivity contribution in [3.05, 3.63) is 0 Å². The Hall–Kier alpha value is -0.250. The van der Waals surface area contributed by atoms with Crippen LogP contribution in [-0.2, 0) is 4.94 Å². The zero-order chi connectivity index (χ0) is 6.62. The Kier molecular flexibility index (Phi) is 2.82. The summed E-state index contributed by atoms with van der Waals surface area (Å²) >= 11 is 0. The molecule has 0 amide bonds. The van der Waals surface area contributed by atoms with Gasteiger partial charge >= 0.3 is 0 Å². The molecule has 0 aromatic heterocycles. The highest BCUT2D eigenvalue weighted by Gasteiger charge is 2.26. The molecule has 0 rings (SSSR count). The number of alkyl halides is 2. The smallest absolute Gasteiger partial charge is 0.204 e. The van der Waals surface area contributed by atoms with Crippen molar-refractivity contribution < 1.29 is 18.2 Å². The van der Waals surface area contributed by atoms with Gasteiger partial charge in [0, 0.05) is 6.42 Å². The summed E-state index contributed by atoms with van der Waals surface area (Å²) in [6.45, 7) is 0.127. The minimum absolute atomic E-state index is 0.392. The van der Waals surface area contributed by atoms with E-state index in [-0.39, 0.29) is 0 Å². The Labute approximate surface area is 45.3 Å². The summed E-state index contributed by atoms with van der Waals surface area (Å²) in [4.78, 5) is 2.75. The third-order valence-electron chi connectivity index (χ3n) is 0.783. The van der Waals surface area contributed by atoms with Crippen LogP contribution in [-0.4, -0.2) is 12.5 Å². The molecule has 1 nitrogen and oxygen atoms in total. The Morgan fingerprint density at radius 3 is 2.12 bits per heavy atom. The van der Waals surface area contributed by atoms with E-state index in [9.17, 15) is 13.3 Å². The molecule has 0 saturated carbocycles. The molecular weight excluding hydrogens is 121 g/mol. The minimum Gasteiger partial charge on any atom is -0.204 e. The Morgan fingerprint density at radius 2 is 2.00 bits per heavy atom. The van der Waals surface area contributed by atoms with Crippen molar-refractivity contribution in [2.45, 2.75) is 19.3 Å². The summed E-state index contributed by atoms with van der Waals surface area (Å²) in [5.74, 6) is -3.01. The van der Waals surface area contributed by atoms with Crippen molar-refractivity contribution in [1.29, 1.82) is 0 Å². The molecule has 0 heterocycles. The molecule has 0 radical (unpaired) electrons. The van der Waals surface area contributed by atoms with E-state index in [1.54, 1.807) is 0 Å². The van der Waals surface area contributed by atoms with Gasteiger partial charge < -0.3 is 0 Å². The molecule has 0 bridgehead atoms. The lowest BCUT2D eigenvalue weighted by atomic mass is 10.3. The van der Waals surface area contributed by atoms with Gasteiger partial charge in [-0.25, -0.2) is 8.78 Å². The first-order chi connectivity index (χ1) is 3.62. The molecule has 0 unspecified atom stereocenters. The maximum atomic E-state index is 11.8. The molecule has 0 atom stereocenters. The fourth-order valence-electron chi connectivity index (χ4n) is 0.182. The van der Waals surface area contributed by atoms with Gasteiger partial charge in [-0.05, 0) is 4.53 Å². The van der Waals surface area contributed by atoms with Crippen LogP contribution in [0.1, 0.15) is 13.3 Å². The molecule has 0 aromatic carbocycles. The van der Waals surface area contributed by atoms with Crippen LogP contribution >= 0.6 is 0 Å². The second kappa shape index (κ2) is 2.91. The van der Waals surface area contributed by atoms with Crippen LogP contribution in [0, 0.1) is 0 Å². The third-order valence-corrected chi connectivity index (χ3v) is 0.783. The summed E-state index contributed by atoms with van der Waals surface area (Å²) in [5, 5.41) is 0. The summed E-state index contributed by atoms with van der Waals surface area (Å²) < 4.78 is 34.3. The van der Waals surface area contributed by atoms with Gasteiger partial charge in [-0.1, -0.05) is 6.92 Å². The van der Waals surface area contributed by atoms with Gasteiger partial charge in [-0.3, -0.25) is 0 Å². The lowest BCUT2D eigenvalue weighted by Crippen LogP contribution is -2.20. The predicted molar refractivity (Wildman–Crippen MR) is 22.3 cm³/mol. The maximum Gasteiger partial charge on any atom is 0.274 e. The van der Waals surface area contributed by atoms with Gasteiger partial charge in [0.2, 0.25) is 0 Å². The fraction of sp³-hybridized carbons (Fsp3) is 1.00. The van der Waals surface area contributed by atoms with Crippen LogP contribution in [0.2, 0.25) is 0 Å². The van der Waals surface area contributed by atoms with E-state index in [4.69, 9.17) is 0 Å². The number of rotatable bonds is 3. The average Bonchev–Trinajstić information content (AvgIpc) is 1.67.